The molecule has 0 spiro atoms. The molecule has 0 aliphatic carbocycles. The van der Waals surface area contributed by atoms with Gasteiger partial charge in [-0.05, 0) is 25.0 Å². The standard InChI is InChI=1S/C14H15NO5/c1-9(16)20-12-7-3-2-5-10(12)13(17)15-8-4-6-11(15)14(18)19/h2-3,5,7,11H,4,6,8H2,1H3,(H,18,19)/t11-/m0/s1. The van der Waals surface area contributed by atoms with E-state index in [2.05, 4.69) is 0 Å². The Hall–Kier alpha value is -2.37. The summed E-state index contributed by atoms with van der Waals surface area (Å²) in [6.07, 6.45) is 1.09. The largest absolute Gasteiger partial charge is 0.480 e. The van der Waals surface area contributed by atoms with Crippen molar-refractivity contribution in [2.75, 3.05) is 6.54 Å². The van der Waals surface area contributed by atoms with Gasteiger partial charge in [-0.25, -0.2) is 4.79 Å². The first-order valence-corrected chi connectivity index (χ1v) is 6.32. The number of nitrogens with zero attached hydrogens (tertiary/aromatic N) is 1. The topological polar surface area (TPSA) is 83.9 Å². The first-order valence-electron chi connectivity index (χ1n) is 6.32. The normalized spacial score (nSPS) is 17.9. The lowest BCUT2D eigenvalue weighted by atomic mass is 10.1. The fourth-order valence-electron chi connectivity index (χ4n) is 2.31. The number of para-hydroxylation sites is 1. The number of carboxylic acid groups (broad SMARTS) is 1. The zero-order chi connectivity index (χ0) is 14.7. The van der Waals surface area contributed by atoms with Crippen LogP contribution in [-0.4, -0.2) is 40.4 Å². The third kappa shape index (κ3) is 2.79. The molecular weight excluding hydrogens is 262 g/mol. The summed E-state index contributed by atoms with van der Waals surface area (Å²) in [6, 6.07) is 5.52. The molecule has 1 amide bonds. The average molecular weight is 277 g/mol. The summed E-state index contributed by atoms with van der Waals surface area (Å²) in [5.41, 5.74) is 0.204. The van der Waals surface area contributed by atoms with Crippen LogP contribution in [0.15, 0.2) is 24.3 Å². The number of amides is 1. The van der Waals surface area contributed by atoms with E-state index in [0.29, 0.717) is 19.4 Å². The molecule has 2 rings (SSSR count). The minimum Gasteiger partial charge on any atom is -0.480 e. The summed E-state index contributed by atoms with van der Waals surface area (Å²) in [4.78, 5) is 35.9. The van der Waals surface area contributed by atoms with Gasteiger partial charge in [0.2, 0.25) is 0 Å². The van der Waals surface area contributed by atoms with Crippen LogP contribution in [0.25, 0.3) is 0 Å². The Balaban J connectivity index is 2.29. The molecule has 0 radical (unpaired) electrons. The number of aliphatic carboxylic acids is 1. The molecule has 0 aromatic heterocycles. The SMILES string of the molecule is CC(=O)Oc1ccccc1C(=O)N1CCC[C@H]1C(=O)O. The van der Waals surface area contributed by atoms with Crippen LogP contribution in [-0.2, 0) is 9.59 Å². The summed E-state index contributed by atoms with van der Waals surface area (Å²) < 4.78 is 4.99. The Bertz CT molecular complexity index is 554. The number of ether oxygens (including phenoxy) is 1. The fourth-order valence-corrected chi connectivity index (χ4v) is 2.31. The second-order valence-electron chi connectivity index (χ2n) is 4.58. The molecule has 0 unspecified atom stereocenters. The smallest absolute Gasteiger partial charge is 0.326 e. The molecule has 106 valence electrons. The Morgan fingerprint density at radius 3 is 2.65 bits per heavy atom. The zero-order valence-corrected chi connectivity index (χ0v) is 11.0. The van der Waals surface area contributed by atoms with E-state index in [-0.39, 0.29) is 11.3 Å². The van der Waals surface area contributed by atoms with Crippen LogP contribution in [0.4, 0.5) is 0 Å². The lowest BCUT2D eigenvalue weighted by molar-refractivity contribution is -0.141. The molecule has 1 aliphatic rings. The number of benzene rings is 1. The van der Waals surface area contributed by atoms with Crippen molar-refractivity contribution < 1.29 is 24.2 Å². The monoisotopic (exact) mass is 277 g/mol. The zero-order valence-electron chi connectivity index (χ0n) is 11.0. The molecule has 0 bridgehead atoms. The van der Waals surface area contributed by atoms with Crippen molar-refractivity contribution in [3.63, 3.8) is 0 Å². The fraction of sp³-hybridized carbons (Fsp3) is 0.357. The molecule has 1 atom stereocenters. The maximum Gasteiger partial charge on any atom is 0.326 e. The number of carboxylic acids is 1. The third-order valence-electron chi connectivity index (χ3n) is 3.17. The number of hydrogen-bond acceptors (Lipinski definition) is 4. The number of rotatable bonds is 3. The molecule has 1 aromatic rings. The van der Waals surface area contributed by atoms with E-state index >= 15 is 0 Å². The number of carbonyl (C=O) groups is 3. The molecule has 1 saturated heterocycles. The number of esters is 1. The molecule has 6 nitrogen and oxygen atoms in total. The van der Waals surface area contributed by atoms with E-state index in [4.69, 9.17) is 9.84 Å². The van der Waals surface area contributed by atoms with Crippen molar-refractivity contribution >= 4 is 17.8 Å². The summed E-state index contributed by atoms with van der Waals surface area (Å²) in [5, 5.41) is 9.11. The first kappa shape index (κ1) is 14.0. The van der Waals surface area contributed by atoms with E-state index in [9.17, 15) is 14.4 Å². The predicted octanol–water partition coefficient (Wildman–Crippen LogP) is 1.30. The second-order valence-corrected chi connectivity index (χ2v) is 4.58. The Morgan fingerprint density at radius 1 is 1.30 bits per heavy atom. The highest BCUT2D eigenvalue weighted by Crippen LogP contribution is 2.25. The van der Waals surface area contributed by atoms with Gasteiger partial charge in [-0.2, -0.15) is 0 Å². The minimum atomic E-state index is -1.01. The quantitative estimate of drug-likeness (QED) is 0.665. The molecule has 1 fully saturated rings. The highest BCUT2D eigenvalue weighted by atomic mass is 16.5. The molecular formula is C14H15NO5. The molecule has 0 saturated carbocycles. The van der Waals surface area contributed by atoms with Crippen LogP contribution in [0.1, 0.15) is 30.1 Å². The lowest BCUT2D eigenvalue weighted by Crippen LogP contribution is -2.40. The highest BCUT2D eigenvalue weighted by molar-refractivity contribution is 5.99. The van der Waals surface area contributed by atoms with E-state index in [1.165, 1.54) is 24.0 Å². The van der Waals surface area contributed by atoms with Gasteiger partial charge in [0, 0.05) is 13.5 Å². The highest BCUT2D eigenvalue weighted by Gasteiger charge is 2.35. The van der Waals surface area contributed by atoms with Crippen LogP contribution in [0.3, 0.4) is 0 Å². The predicted molar refractivity (Wildman–Crippen MR) is 69.4 cm³/mol. The first-order chi connectivity index (χ1) is 9.50. The Labute approximate surface area is 115 Å². The van der Waals surface area contributed by atoms with Gasteiger partial charge in [-0.3, -0.25) is 9.59 Å². The van der Waals surface area contributed by atoms with Gasteiger partial charge < -0.3 is 14.7 Å². The van der Waals surface area contributed by atoms with Gasteiger partial charge in [-0.1, -0.05) is 12.1 Å². The summed E-state index contributed by atoms with van der Waals surface area (Å²) in [6.45, 7) is 1.64. The van der Waals surface area contributed by atoms with Gasteiger partial charge in [0.1, 0.15) is 11.8 Å². The average Bonchev–Trinajstić information content (AvgIpc) is 2.87. The van der Waals surface area contributed by atoms with Crippen LogP contribution in [0.2, 0.25) is 0 Å². The molecule has 1 aromatic carbocycles. The third-order valence-corrected chi connectivity index (χ3v) is 3.17. The number of likely N-dealkylation sites (tertiary alicyclic amines) is 1. The van der Waals surface area contributed by atoms with Crippen LogP contribution < -0.4 is 4.74 Å². The molecule has 20 heavy (non-hydrogen) atoms. The second kappa shape index (κ2) is 5.73. The summed E-state index contributed by atoms with van der Waals surface area (Å²) in [5.74, 6) is -1.81. The van der Waals surface area contributed by atoms with Crippen LogP contribution in [0, 0.1) is 0 Å². The van der Waals surface area contributed by atoms with E-state index in [1.54, 1.807) is 12.1 Å². The van der Waals surface area contributed by atoms with Crippen molar-refractivity contribution in [2.24, 2.45) is 0 Å². The van der Waals surface area contributed by atoms with E-state index in [1.807, 2.05) is 0 Å². The number of hydrogen-bond donors (Lipinski definition) is 1. The maximum absolute atomic E-state index is 12.4. The van der Waals surface area contributed by atoms with Crippen molar-refractivity contribution in [1.82, 2.24) is 4.90 Å². The van der Waals surface area contributed by atoms with Crippen molar-refractivity contribution in [3.05, 3.63) is 29.8 Å². The van der Waals surface area contributed by atoms with Crippen molar-refractivity contribution in [1.29, 1.82) is 0 Å². The van der Waals surface area contributed by atoms with E-state index < -0.39 is 23.9 Å². The Morgan fingerprint density at radius 2 is 2.00 bits per heavy atom. The van der Waals surface area contributed by atoms with Gasteiger partial charge >= 0.3 is 11.9 Å². The van der Waals surface area contributed by atoms with Crippen molar-refractivity contribution in [3.8, 4) is 5.75 Å². The van der Waals surface area contributed by atoms with Gasteiger partial charge in [0.15, 0.2) is 0 Å². The maximum atomic E-state index is 12.4. The summed E-state index contributed by atoms with van der Waals surface area (Å²) in [7, 11) is 0. The Kier molecular flexibility index (Phi) is 4.02. The number of carbonyl (C=O) groups excluding carboxylic acids is 2. The molecule has 6 heteroatoms. The molecule has 1 heterocycles. The van der Waals surface area contributed by atoms with Crippen LogP contribution >= 0.6 is 0 Å². The van der Waals surface area contributed by atoms with Crippen molar-refractivity contribution in [2.45, 2.75) is 25.8 Å². The van der Waals surface area contributed by atoms with Gasteiger partial charge in [-0.15, -0.1) is 0 Å². The van der Waals surface area contributed by atoms with Gasteiger partial charge in [0.25, 0.3) is 5.91 Å². The molecule has 1 N–H and O–H groups in total. The van der Waals surface area contributed by atoms with Crippen LogP contribution in [0.5, 0.6) is 5.75 Å². The summed E-state index contributed by atoms with van der Waals surface area (Å²) >= 11 is 0. The lowest BCUT2D eigenvalue weighted by Gasteiger charge is -2.22. The minimum absolute atomic E-state index is 0.154. The van der Waals surface area contributed by atoms with E-state index in [0.717, 1.165) is 0 Å². The molecule has 1 aliphatic heterocycles. The van der Waals surface area contributed by atoms with Gasteiger partial charge in [0.05, 0.1) is 5.56 Å².